The molecule has 0 N–H and O–H groups in total. The number of nitrogens with zero attached hydrogens (tertiary/aromatic N) is 2. The van der Waals surface area contributed by atoms with E-state index in [1.54, 1.807) is 19.1 Å². The van der Waals surface area contributed by atoms with Gasteiger partial charge in [-0.3, -0.25) is 4.79 Å². The maximum atomic E-state index is 13.3. The van der Waals surface area contributed by atoms with Gasteiger partial charge in [-0.1, -0.05) is 0 Å². The third-order valence-electron chi connectivity index (χ3n) is 2.40. The van der Waals surface area contributed by atoms with Crippen molar-refractivity contribution in [1.29, 1.82) is 0 Å². The molecular formula is C13H11FN2O2. The average Bonchev–Trinajstić information content (AvgIpc) is 2.38. The van der Waals surface area contributed by atoms with Crippen LogP contribution in [0.4, 0.5) is 4.39 Å². The molecule has 0 unspecified atom stereocenters. The number of rotatable bonds is 3. The van der Waals surface area contributed by atoms with E-state index in [1.165, 1.54) is 19.2 Å². The van der Waals surface area contributed by atoms with Crippen molar-refractivity contribution < 1.29 is 13.9 Å². The SMILES string of the molecule is COc1cc(-c2nc(C)cc(C=O)n2)ccc1F. The van der Waals surface area contributed by atoms with Gasteiger partial charge in [0.15, 0.2) is 23.7 Å². The van der Waals surface area contributed by atoms with Gasteiger partial charge in [0.2, 0.25) is 0 Å². The van der Waals surface area contributed by atoms with Crippen molar-refractivity contribution in [2.45, 2.75) is 6.92 Å². The van der Waals surface area contributed by atoms with E-state index < -0.39 is 5.82 Å². The van der Waals surface area contributed by atoms with Gasteiger partial charge in [-0.15, -0.1) is 0 Å². The second-order valence-electron chi connectivity index (χ2n) is 3.72. The lowest BCUT2D eigenvalue weighted by Crippen LogP contribution is -1.97. The molecule has 0 saturated carbocycles. The molecule has 18 heavy (non-hydrogen) atoms. The van der Waals surface area contributed by atoms with Crippen LogP contribution in [-0.4, -0.2) is 23.4 Å². The van der Waals surface area contributed by atoms with Crippen LogP contribution in [0.3, 0.4) is 0 Å². The first kappa shape index (κ1) is 12.2. The molecule has 0 amide bonds. The molecule has 0 aliphatic heterocycles. The minimum absolute atomic E-state index is 0.116. The van der Waals surface area contributed by atoms with Crippen molar-refractivity contribution in [2.75, 3.05) is 7.11 Å². The zero-order chi connectivity index (χ0) is 13.1. The summed E-state index contributed by atoms with van der Waals surface area (Å²) in [5.41, 5.74) is 1.56. The molecule has 5 heteroatoms. The van der Waals surface area contributed by atoms with E-state index in [0.717, 1.165) is 0 Å². The zero-order valence-electron chi connectivity index (χ0n) is 9.98. The number of ether oxygens (including phenoxy) is 1. The largest absolute Gasteiger partial charge is 0.494 e. The molecule has 0 saturated heterocycles. The van der Waals surface area contributed by atoms with E-state index in [-0.39, 0.29) is 5.75 Å². The summed E-state index contributed by atoms with van der Waals surface area (Å²) >= 11 is 0. The molecular weight excluding hydrogens is 235 g/mol. The Hall–Kier alpha value is -2.30. The van der Waals surface area contributed by atoms with Gasteiger partial charge in [-0.05, 0) is 31.2 Å². The highest BCUT2D eigenvalue weighted by Gasteiger charge is 2.09. The van der Waals surface area contributed by atoms with Crippen LogP contribution in [0.1, 0.15) is 16.2 Å². The quantitative estimate of drug-likeness (QED) is 0.780. The highest BCUT2D eigenvalue weighted by atomic mass is 19.1. The van der Waals surface area contributed by atoms with E-state index >= 15 is 0 Å². The standard InChI is InChI=1S/C13H11FN2O2/c1-8-5-10(7-17)16-13(15-8)9-3-4-11(14)12(6-9)18-2/h3-7H,1-2H3. The molecule has 0 aliphatic carbocycles. The molecule has 0 aliphatic rings. The van der Waals surface area contributed by atoms with E-state index in [0.29, 0.717) is 29.1 Å². The highest BCUT2D eigenvalue weighted by molar-refractivity contribution is 5.73. The number of methoxy groups -OCH3 is 1. The first-order valence-electron chi connectivity index (χ1n) is 5.29. The minimum Gasteiger partial charge on any atom is -0.494 e. The fraction of sp³-hybridized carbons (Fsp3) is 0.154. The molecule has 2 aromatic rings. The van der Waals surface area contributed by atoms with Gasteiger partial charge in [-0.2, -0.15) is 0 Å². The van der Waals surface area contributed by atoms with Crippen LogP contribution in [-0.2, 0) is 0 Å². The van der Waals surface area contributed by atoms with Crippen molar-refractivity contribution in [3.05, 3.63) is 41.5 Å². The third-order valence-corrected chi connectivity index (χ3v) is 2.40. The molecule has 4 nitrogen and oxygen atoms in total. The van der Waals surface area contributed by atoms with Gasteiger partial charge < -0.3 is 4.74 Å². The van der Waals surface area contributed by atoms with E-state index in [2.05, 4.69) is 9.97 Å². The topological polar surface area (TPSA) is 52.1 Å². The normalized spacial score (nSPS) is 10.2. The van der Waals surface area contributed by atoms with E-state index in [4.69, 9.17) is 4.74 Å². The predicted molar refractivity (Wildman–Crippen MR) is 64.1 cm³/mol. The fourth-order valence-electron chi connectivity index (χ4n) is 1.58. The molecule has 2 rings (SSSR count). The van der Waals surface area contributed by atoms with Gasteiger partial charge in [0.25, 0.3) is 0 Å². The Morgan fingerprint density at radius 2 is 2.06 bits per heavy atom. The Morgan fingerprint density at radius 3 is 2.72 bits per heavy atom. The van der Waals surface area contributed by atoms with Gasteiger partial charge in [-0.25, -0.2) is 14.4 Å². The Balaban J connectivity index is 2.54. The third kappa shape index (κ3) is 2.34. The van der Waals surface area contributed by atoms with Crippen LogP contribution in [0, 0.1) is 12.7 Å². The lowest BCUT2D eigenvalue weighted by molar-refractivity contribution is 0.111. The molecule has 0 radical (unpaired) electrons. The number of benzene rings is 1. The summed E-state index contributed by atoms with van der Waals surface area (Å²) in [6.45, 7) is 1.76. The molecule has 1 aromatic heterocycles. The van der Waals surface area contributed by atoms with Crippen molar-refractivity contribution in [3.63, 3.8) is 0 Å². The van der Waals surface area contributed by atoms with Gasteiger partial charge in [0.05, 0.1) is 7.11 Å². The van der Waals surface area contributed by atoms with Gasteiger partial charge in [0, 0.05) is 11.3 Å². The van der Waals surface area contributed by atoms with Crippen LogP contribution in [0.15, 0.2) is 24.3 Å². The number of halogens is 1. The average molecular weight is 246 g/mol. The molecule has 0 atom stereocenters. The maximum Gasteiger partial charge on any atom is 0.168 e. The summed E-state index contributed by atoms with van der Waals surface area (Å²) < 4.78 is 18.2. The van der Waals surface area contributed by atoms with Gasteiger partial charge >= 0.3 is 0 Å². The Labute approximate surface area is 103 Å². The second kappa shape index (κ2) is 4.91. The maximum absolute atomic E-state index is 13.3. The zero-order valence-corrected chi connectivity index (χ0v) is 9.98. The summed E-state index contributed by atoms with van der Waals surface area (Å²) in [6.07, 6.45) is 0.652. The van der Waals surface area contributed by atoms with Crippen LogP contribution < -0.4 is 4.74 Å². The van der Waals surface area contributed by atoms with E-state index in [1.807, 2.05) is 0 Å². The number of aryl methyl sites for hydroxylation is 1. The van der Waals surface area contributed by atoms with Crippen LogP contribution >= 0.6 is 0 Å². The summed E-state index contributed by atoms with van der Waals surface area (Å²) in [4.78, 5) is 19.0. The number of carbonyl (C=O) groups is 1. The Kier molecular flexibility index (Phi) is 3.32. The monoisotopic (exact) mass is 246 g/mol. The van der Waals surface area contributed by atoms with Crippen LogP contribution in [0.5, 0.6) is 5.75 Å². The second-order valence-corrected chi connectivity index (χ2v) is 3.72. The van der Waals surface area contributed by atoms with E-state index in [9.17, 15) is 9.18 Å². The number of hydrogen-bond donors (Lipinski definition) is 0. The smallest absolute Gasteiger partial charge is 0.168 e. The lowest BCUT2D eigenvalue weighted by atomic mass is 10.2. The summed E-state index contributed by atoms with van der Waals surface area (Å²) in [7, 11) is 1.39. The molecule has 1 heterocycles. The van der Waals surface area contributed by atoms with Crippen molar-refractivity contribution in [3.8, 4) is 17.1 Å². The van der Waals surface area contributed by atoms with Crippen molar-refractivity contribution in [1.82, 2.24) is 9.97 Å². The number of aromatic nitrogens is 2. The molecule has 0 fully saturated rings. The first-order chi connectivity index (χ1) is 8.63. The molecule has 92 valence electrons. The number of carbonyl (C=O) groups excluding carboxylic acids is 1. The van der Waals surface area contributed by atoms with Crippen molar-refractivity contribution >= 4 is 6.29 Å². The Morgan fingerprint density at radius 1 is 1.28 bits per heavy atom. The molecule has 0 spiro atoms. The number of aldehydes is 1. The minimum atomic E-state index is -0.454. The summed E-state index contributed by atoms with van der Waals surface area (Å²) in [5.74, 6) is 0.0326. The molecule has 1 aromatic carbocycles. The summed E-state index contributed by atoms with van der Waals surface area (Å²) in [5, 5.41) is 0. The van der Waals surface area contributed by atoms with Crippen LogP contribution in [0.25, 0.3) is 11.4 Å². The highest BCUT2D eigenvalue weighted by Crippen LogP contribution is 2.24. The number of hydrogen-bond acceptors (Lipinski definition) is 4. The van der Waals surface area contributed by atoms with Gasteiger partial charge in [0.1, 0.15) is 5.69 Å². The van der Waals surface area contributed by atoms with Crippen molar-refractivity contribution in [2.24, 2.45) is 0 Å². The first-order valence-corrected chi connectivity index (χ1v) is 5.29. The summed E-state index contributed by atoms with van der Waals surface area (Å²) in [6, 6.07) is 5.90. The predicted octanol–water partition coefficient (Wildman–Crippen LogP) is 2.41. The molecule has 0 bridgehead atoms. The van der Waals surface area contributed by atoms with Crippen LogP contribution in [0.2, 0.25) is 0 Å². The fourth-order valence-corrected chi connectivity index (χ4v) is 1.58. The Bertz CT molecular complexity index is 600. The lowest BCUT2D eigenvalue weighted by Gasteiger charge is -2.06.